The minimum atomic E-state index is 0.723. The lowest BCUT2D eigenvalue weighted by Gasteiger charge is -2.13. The van der Waals surface area contributed by atoms with Crippen LogP contribution in [0.3, 0.4) is 0 Å². The molecule has 0 N–H and O–H groups in total. The molecule has 114 valence electrons. The molecule has 0 aliphatic rings. The first-order valence-corrected chi connectivity index (χ1v) is 8.31. The third-order valence-corrected chi connectivity index (χ3v) is 2.71. The first kappa shape index (κ1) is 23.3. The van der Waals surface area contributed by atoms with Crippen LogP contribution >= 0.6 is 0 Å². The molecule has 0 radical (unpaired) electrons. The van der Waals surface area contributed by atoms with E-state index < -0.39 is 0 Å². The fourth-order valence-electron chi connectivity index (χ4n) is 1.81. The van der Waals surface area contributed by atoms with Gasteiger partial charge in [-0.2, -0.15) is 0 Å². The summed E-state index contributed by atoms with van der Waals surface area (Å²) in [5.74, 6) is 0.723. The Kier molecular flexibility index (Phi) is 24.0. The second-order valence-corrected chi connectivity index (χ2v) is 3.90. The molecule has 0 fully saturated rings. The van der Waals surface area contributed by atoms with Gasteiger partial charge in [-0.3, -0.25) is 0 Å². The van der Waals surface area contributed by atoms with Crippen LogP contribution in [0.25, 0.3) is 0 Å². The lowest BCUT2D eigenvalue weighted by molar-refractivity contribution is 0.622. The van der Waals surface area contributed by atoms with E-state index in [1.807, 2.05) is 41.5 Å². The van der Waals surface area contributed by atoms with Crippen molar-refractivity contribution in [2.24, 2.45) is 0 Å². The number of aryl methyl sites for hydroxylation is 1. The van der Waals surface area contributed by atoms with Crippen molar-refractivity contribution in [2.75, 3.05) is 0 Å². The molecule has 1 aromatic rings. The Hall–Kier alpha value is -0.780. The molecule has 0 amide bonds. The Bertz CT molecular complexity index is 250. The topological polar surface area (TPSA) is 0 Å². The maximum absolute atomic E-state index is 2.33. The lowest BCUT2D eigenvalue weighted by Crippen LogP contribution is -1.95. The van der Waals surface area contributed by atoms with Crippen molar-refractivity contribution in [3.05, 3.63) is 35.4 Å². The quantitative estimate of drug-likeness (QED) is 0.533. The summed E-state index contributed by atoms with van der Waals surface area (Å²) in [5, 5.41) is 0. The van der Waals surface area contributed by atoms with E-state index in [4.69, 9.17) is 0 Å². The van der Waals surface area contributed by atoms with Gasteiger partial charge in [0.25, 0.3) is 0 Å². The Morgan fingerprint density at radius 3 is 1.79 bits per heavy atom. The van der Waals surface area contributed by atoms with Gasteiger partial charge >= 0.3 is 0 Å². The summed E-state index contributed by atoms with van der Waals surface area (Å²) < 4.78 is 0. The molecule has 1 aromatic carbocycles. The van der Waals surface area contributed by atoms with Crippen molar-refractivity contribution in [1.29, 1.82) is 0 Å². The first-order valence-electron chi connectivity index (χ1n) is 8.31. The first-order chi connectivity index (χ1) is 9.25. The van der Waals surface area contributed by atoms with Crippen LogP contribution in [-0.2, 0) is 0 Å². The molecule has 0 saturated carbocycles. The molecule has 19 heavy (non-hydrogen) atoms. The fourth-order valence-corrected chi connectivity index (χ4v) is 1.81. The van der Waals surface area contributed by atoms with Gasteiger partial charge in [-0.15, -0.1) is 0 Å². The number of benzene rings is 1. The molecule has 0 aliphatic carbocycles. The third-order valence-electron chi connectivity index (χ3n) is 2.71. The average Bonchev–Trinajstić information content (AvgIpc) is 2.51. The van der Waals surface area contributed by atoms with E-state index in [9.17, 15) is 0 Å². The summed E-state index contributed by atoms with van der Waals surface area (Å²) in [4.78, 5) is 0. The van der Waals surface area contributed by atoms with Crippen LogP contribution in [0.5, 0.6) is 0 Å². The third kappa shape index (κ3) is 12.0. The molecular formula is C19H38. The van der Waals surface area contributed by atoms with E-state index in [0.717, 1.165) is 5.92 Å². The van der Waals surface area contributed by atoms with Crippen molar-refractivity contribution in [3.8, 4) is 0 Å². The lowest BCUT2D eigenvalue weighted by atomic mass is 9.92. The van der Waals surface area contributed by atoms with Gasteiger partial charge in [0, 0.05) is 0 Å². The van der Waals surface area contributed by atoms with Gasteiger partial charge < -0.3 is 0 Å². The van der Waals surface area contributed by atoms with Gasteiger partial charge in [0.2, 0.25) is 0 Å². The smallest absolute Gasteiger partial charge is 0.0188 e. The van der Waals surface area contributed by atoms with Crippen LogP contribution in [0.2, 0.25) is 0 Å². The van der Waals surface area contributed by atoms with Gasteiger partial charge in [0.05, 0.1) is 0 Å². The van der Waals surface area contributed by atoms with Gasteiger partial charge in [-0.1, -0.05) is 92.5 Å². The Labute approximate surface area is 123 Å². The van der Waals surface area contributed by atoms with E-state index in [1.54, 1.807) is 0 Å². The highest BCUT2D eigenvalue weighted by atomic mass is 14.1. The molecule has 0 heterocycles. The molecule has 0 heteroatoms. The molecule has 0 nitrogen and oxygen atoms in total. The normalized spacial score (nSPS) is 9.74. The molecule has 0 saturated heterocycles. The molecule has 0 aliphatic heterocycles. The molecule has 1 rings (SSSR count). The number of unbranched alkanes of at least 4 members (excludes halogenated alkanes) is 1. The molecule has 0 spiro atoms. The van der Waals surface area contributed by atoms with Crippen molar-refractivity contribution < 1.29 is 0 Å². The fraction of sp³-hybridized carbons (Fsp3) is 0.684. The van der Waals surface area contributed by atoms with Gasteiger partial charge in [0.1, 0.15) is 0 Å². The summed E-state index contributed by atoms with van der Waals surface area (Å²) in [6, 6.07) is 8.73. The summed E-state index contributed by atoms with van der Waals surface area (Å²) in [6.45, 7) is 18.8. The molecule has 0 aromatic heterocycles. The number of hydrogen-bond donors (Lipinski definition) is 0. The van der Waals surface area contributed by atoms with Crippen LogP contribution in [-0.4, -0.2) is 0 Å². The molecule has 0 bridgehead atoms. The van der Waals surface area contributed by atoms with Crippen LogP contribution in [0, 0.1) is 6.92 Å². The molecule has 1 unspecified atom stereocenters. The zero-order valence-corrected chi connectivity index (χ0v) is 15.0. The second kappa shape index (κ2) is 19.6. The highest BCUT2D eigenvalue weighted by molar-refractivity contribution is 5.28. The van der Waals surface area contributed by atoms with E-state index in [2.05, 4.69) is 45.0 Å². The van der Waals surface area contributed by atoms with Crippen LogP contribution in [0.4, 0.5) is 0 Å². The Morgan fingerprint density at radius 2 is 1.37 bits per heavy atom. The summed E-state index contributed by atoms with van der Waals surface area (Å²) in [7, 11) is 0. The van der Waals surface area contributed by atoms with Crippen molar-refractivity contribution in [2.45, 2.75) is 87.5 Å². The molecular weight excluding hydrogens is 228 g/mol. The van der Waals surface area contributed by atoms with Gasteiger partial charge in [-0.05, 0) is 30.4 Å². The zero-order chi connectivity index (χ0) is 15.7. The minimum Gasteiger partial charge on any atom is -0.0683 e. The number of rotatable bonds is 4. The molecule has 1 atom stereocenters. The summed E-state index contributed by atoms with van der Waals surface area (Å²) in [5.41, 5.74) is 2.96. The predicted octanol–water partition coefficient (Wildman–Crippen LogP) is 7.37. The zero-order valence-electron chi connectivity index (χ0n) is 15.0. The maximum Gasteiger partial charge on any atom is -0.0188 e. The maximum atomic E-state index is 2.33. The minimum absolute atomic E-state index is 0.723. The highest BCUT2D eigenvalue weighted by Gasteiger charge is 2.06. The van der Waals surface area contributed by atoms with Crippen molar-refractivity contribution in [1.82, 2.24) is 0 Å². The summed E-state index contributed by atoms with van der Waals surface area (Å²) in [6.07, 6.45) is 3.97. The van der Waals surface area contributed by atoms with Crippen LogP contribution < -0.4 is 0 Å². The van der Waals surface area contributed by atoms with E-state index in [1.165, 1.54) is 30.4 Å². The largest absolute Gasteiger partial charge is 0.0683 e. The van der Waals surface area contributed by atoms with Gasteiger partial charge in [0.15, 0.2) is 0 Å². The monoisotopic (exact) mass is 266 g/mol. The Balaban J connectivity index is -0.000000375. The van der Waals surface area contributed by atoms with Crippen LogP contribution in [0.1, 0.15) is 91.7 Å². The van der Waals surface area contributed by atoms with Crippen molar-refractivity contribution >= 4 is 0 Å². The van der Waals surface area contributed by atoms with Gasteiger partial charge in [-0.25, -0.2) is 0 Å². The van der Waals surface area contributed by atoms with Crippen molar-refractivity contribution in [3.63, 3.8) is 0 Å². The highest BCUT2D eigenvalue weighted by Crippen LogP contribution is 2.23. The van der Waals surface area contributed by atoms with E-state index in [-0.39, 0.29) is 0 Å². The average molecular weight is 267 g/mol. The second-order valence-electron chi connectivity index (χ2n) is 3.90. The standard InChI is InChI=1S/C13H20.3C2H6/c1-4-5-8-11(2)13-10-7-6-9-12(13)3;3*1-2/h6-7,9-11H,4-5,8H2,1-3H3;3*1-2H3. The number of hydrogen-bond acceptors (Lipinski definition) is 0. The Morgan fingerprint density at radius 1 is 0.895 bits per heavy atom. The SMILES string of the molecule is CC.CC.CC.CCCCC(C)c1ccccc1C. The van der Waals surface area contributed by atoms with Crippen LogP contribution in [0.15, 0.2) is 24.3 Å². The van der Waals surface area contributed by atoms with E-state index in [0.29, 0.717) is 0 Å². The summed E-state index contributed by atoms with van der Waals surface area (Å²) >= 11 is 0. The van der Waals surface area contributed by atoms with E-state index >= 15 is 0 Å². The predicted molar refractivity (Wildman–Crippen MR) is 93.2 cm³/mol.